The van der Waals surface area contributed by atoms with Gasteiger partial charge in [-0.2, -0.15) is 0 Å². The summed E-state index contributed by atoms with van der Waals surface area (Å²) in [6.45, 7) is 2.90. The maximum atomic E-state index is 13.1. The Hall–Kier alpha value is -1.58. The van der Waals surface area contributed by atoms with Crippen molar-refractivity contribution in [1.29, 1.82) is 0 Å². The second kappa shape index (κ2) is 7.54. The summed E-state index contributed by atoms with van der Waals surface area (Å²) >= 11 is 0. The van der Waals surface area contributed by atoms with E-state index in [1.54, 1.807) is 4.90 Å². The smallest absolute Gasteiger partial charge is 0.240 e. The molecule has 1 aromatic carbocycles. The molecule has 2 unspecified atom stereocenters. The van der Waals surface area contributed by atoms with Crippen molar-refractivity contribution in [3.05, 3.63) is 29.8 Å². The zero-order chi connectivity index (χ0) is 17.9. The van der Waals surface area contributed by atoms with Crippen LogP contribution in [0.5, 0.6) is 0 Å². The molecule has 9 heteroatoms. The van der Waals surface area contributed by atoms with E-state index in [1.165, 1.54) is 0 Å². The van der Waals surface area contributed by atoms with Crippen LogP contribution in [0.2, 0.25) is 0 Å². The predicted molar refractivity (Wildman–Crippen MR) is 84.5 cm³/mol. The minimum Gasteiger partial charge on any atom is -0.340 e. The largest absolute Gasteiger partial charge is 0.340 e. The number of amides is 1. The Morgan fingerprint density at radius 3 is 2.67 bits per heavy atom. The van der Waals surface area contributed by atoms with Crippen LogP contribution >= 0.6 is 0 Å². The van der Waals surface area contributed by atoms with Crippen molar-refractivity contribution >= 4 is 15.9 Å². The van der Waals surface area contributed by atoms with Gasteiger partial charge < -0.3 is 10.6 Å². The van der Waals surface area contributed by atoms with Crippen LogP contribution in [0.3, 0.4) is 0 Å². The number of hydrogen-bond donors (Lipinski definition) is 2. The molecule has 134 valence electrons. The van der Waals surface area contributed by atoms with Crippen LogP contribution in [0.1, 0.15) is 19.8 Å². The summed E-state index contributed by atoms with van der Waals surface area (Å²) in [4.78, 5) is 13.5. The lowest BCUT2D eigenvalue weighted by atomic mass is 10.1. The van der Waals surface area contributed by atoms with Crippen LogP contribution in [0.4, 0.5) is 8.78 Å². The van der Waals surface area contributed by atoms with E-state index in [0.717, 1.165) is 18.6 Å². The van der Waals surface area contributed by atoms with Crippen molar-refractivity contribution < 1.29 is 22.0 Å². The van der Waals surface area contributed by atoms with E-state index in [4.69, 9.17) is 5.73 Å². The van der Waals surface area contributed by atoms with E-state index in [0.29, 0.717) is 19.2 Å². The Bertz CT molecular complexity index is 712. The zero-order valence-electron chi connectivity index (χ0n) is 13.3. The molecule has 0 spiro atoms. The minimum absolute atomic E-state index is 0.00939. The number of hydrogen-bond acceptors (Lipinski definition) is 4. The fourth-order valence-corrected chi connectivity index (χ4v) is 3.87. The molecule has 2 atom stereocenters. The third-order valence-electron chi connectivity index (χ3n) is 4.15. The molecule has 0 saturated carbocycles. The molecule has 1 fully saturated rings. The molecule has 1 aromatic rings. The molecule has 24 heavy (non-hydrogen) atoms. The quantitative estimate of drug-likeness (QED) is 0.785. The molecule has 2 rings (SSSR count). The Kier molecular flexibility index (Phi) is 5.89. The fourth-order valence-electron chi connectivity index (χ4n) is 2.82. The van der Waals surface area contributed by atoms with E-state index in [2.05, 4.69) is 4.72 Å². The van der Waals surface area contributed by atoms with Crippen molar-refractivity contribution in [1.82, 2.24) is 9.62 Å². The monoisotopic (exact) mass is 361 g/mol. The van der Waals surface area contributed by atoms with E-state index in [-0.39, 0.29) is 35.7 Å². The van der Waals surface area contributed by atoms with E-state index < -0.39 is 21.7 Å². The molecule has 0 aromatic heterocycles. The van der Waals surface area contributed by atoms with Gasteiger partial charge in [0.2, 0.25) is 15.9 Å². The van der Waals surface area contributed by atoms with Crippen LogP contribution in [0.25, 0.3) is 0 Å². The van der Waals surface area contributed by atoms with Crippen LogP contribution in [0.15, 0.2) is 23.1 Å². The SMILES string of the molecule is CC1CC(CN)CN1C(=O)CCNS(=O)(=O)c1ccc(F)c(F)c1. The first-order valence-electron chi connectivity index (χ1n) is 7.69. The van der Waals surface area contributed by atoms with Gasteiger partial charge in [-0.1, -0.05) is 0 Å². The van der Waals surface area contributed by atoms with Crippen molar-refractivity contribution in [3.63, 3.8) is 0 Å². The van der Waals surface area contributed by atoms with Gasteiger partial charge in [0.25, 0.3) is 0 Å². The summed E-state index contributed by atoms with van der Waals surface area (Å²) in [7, 11) is -4.00. The molecule has 0 aliphatic carbocycles. The molecule has 1 aliphatic heterocycles. The zero-order valence-corrected chi connectivity index (χ0v) is 14.2. The number of nitrogens with one attached hydrogen (secondary N) is 1. The number of benzene rings is 1. The molecular weight excluding hydrogens is 340 g/mol. The Morgan fingerprint density at radius 2 is 2.08 bits per heavy atom. The summed E-state index contributed by atoms with van der Waals surface area (Å²) < 4.78 is 52.3. The van der Waals surface area contributed by atoms with Crippen molar-refractivity contribution in [2.24, 2.45) is 11.7 Å². The third-order valence-corrected chi connectivity index (χ3v) is 5.61. The standard InChI is InChI=1S/C15H21F2N3O3S/c1-10-6-11(8-18)9-20(10)15(21)4-5-19-24(22,23)12-2-3-13(16)14(17)7-12/h2-3,7,10-11,19H,4-6,8-9,18H2,1H3. The van der Waals surface area contributed by atoms with Crippen LogP contribution in [0, 0.1) is 17.6 Å². The van der Waals surface area contributed by atoms with Crippen molar-refractivity contribution in [2.75, 3.05) is 19.6 Å². The van der Waals surface area contributed by atoms with E-state index >= 15 is 0 Å². The summed E-state index contributed by atoms with van der Waals surface area (Å²) in [5.74, 6) is -2.26. The Labute approximate surface area is 140 Å². The van der Waals surface area contributed by atoms with E-state index in [9.17, 15) is 22.0 Å². The summed E-state index contributed by atoms with van der Waals surface area (Å²) in [6.07, 6.45) is 0.827. The highest BCUT2D eigenvalue weighted by Gasteiger charge is 2.31. The average molecular weight is 361 g/mol. The van der Waals surface area contributed by atoms with Crippen molar-refractivity contribution in [2.45, 2.75) is 30.7 Å². The molecule has 1 saturated heterocycles. The predicted octanol–water partition coefficient (Wildman–Crippen LogP) is 0.829. The number of halogens is 2. The molecule has 1 amide bonds. The first kappa shape index (κ1) is 18.8. The summed E-state index contributed by atoms with van der Waals surface area (Å²) in [5.41, 5.74) is 5.62. The van der Waals surface area contributed by atoms with Gasteiger partial charge >= 0.3 is 0 Å². The lowest BCUT2D eigenvalue weighted by Gasteiger charge is -2.21. The molecule has 6 nitrogen and oxygen atoms in total. The second-order valence-electron chi connectivity index (χ2n) is 5.96. The molecular formula is C15H21F2N3O3S. The summed E-state index contributed by atoms with van der Waals surface area (Å²) in [5, 5.41) is 0. The highest BCUT2D eigenvalue weighted by molar-refractivity contribution is 7.89. The number of rotatable bonds is 6. The van der Waals surface area contributed by atoms with Crippen molar-refractivity contribution in [3.8, 4) is 0 Å². The number of nitrogens with two attached hydrogens (primary N) is 1. The average Bonchev–Trinajstić information content (AvgIpc) is 2.90. The van der Waals surface area contributed by atoms with Crippen LogP contribution in [-0.4, -0.2) is 44.9 Å². The first-order chi connectivity index (χ1) is 11.2. The maximum Gasteiger partial charge on any atom is 0.240 e. The van der Waals surface area contributed by atoms with Gasteiger partial charge in [-0.15, -0.1) is 0 Å². The van der Waals surface area contributed by atoms with Gasteiger partial charge in [-0.05, 0) is 44.0 Å². The lowest BCUT2D eigenvalue weighted by Crippen LogP contribution is -2.37. The molecule has 1 heterocycles. The van der Waals surface area contributed by atoms with Gasteiger partial charge in [0.05, 0.1) is 4.90 Å². The number of sulfonamides is 1. The molecule has 0 bridgehead atoms. The minimum atomic E-state index is -4.00. The maximum absolute atomic E-state index is 13.1. The van der Waals surface area contributed by atoms with Gasteiger partial charge in [-0.25, -0.2) is 21.9 Å². The number of likely N-dealkylation sites (tertiary alicyclic amines) is 1. The summed E-state index contributed by atoms with van der Waals surface area (Å²) in [6, 6.07) is 2.40. The van der Waals surface area contributed by atoms with Crippen LogP contribution < -0.4 is 10.5 Å². The third kappa shape index (κ3) is 4.28. The number of carbonyl (C=O) groups excluding carboxylic acids is 1. The topological polar surface area (TPSA) is 92.5 Å². The van der Waals surface area contributed by atoms with Gasteiger partial charge in [0.1, 0.15) is 0 Å². The Morgan fingerprint density at radius 1 is 1.38 bits per heavy atom. The normalized spacial score (nSPS) is 21.2. The number of nitrogens with zero attached hydrogens (tertiary/aromatic N) is 1. The van der Waals surface area contributed by atoms with Gasteiger partial charge in [0, 0.05) is 25.6 Å². The second-order valence-corrected chi connectivity index (χ2v) is 7.72. The molecule has 0 radical (unpaired) electrons. The van der Waals surface area contributed by atoms with Crippen LogP contribution in [-0.2, 0) is 14.8 Å². The molecule has 3 N–H and O–H groups in total. The van der Waals surface area contributed by atoms with Gasteiger partial charge in [0.15, 0.2) is 11.6 Å². The van der Waals surface area contributed by atoms with E-state index in [1.807, 2.05) is 6.92 Å². The van der Waals surface area contributed by atoms with Gasteiger partial charge in [-0.3, -0.25) is 4.79 Å². The Balaban J connectivity index is 1.91. The lowest BCUT2D eigenvalue weighted by molar-refractivity contribution is -0.131. The highest BCUT2D eigenvalue weighted by atomic mass is 32.2. The highest BCUT2D eigenvalue weighted by Crippen LogP contribution is 2.22. The first-order valence-corrected chi connectivity index (χ1v) is 9.17. The fraction of sp³-hybridized carbons (Fsp3) is 0.533. The molecule has 1 aliphatic rings. The number of carbonyl (C=O) groups is 1.